The normalized spacial score (nSPS) is 10.8. The molecule has 0 aliphatic heterocycles. The van der Waals surface area contributed by atoms with Crippen LogP contribution in [0.4, 0.5) is 0 Å². The lowest BCUT2D eigenvalue weighted by atomic mass is 10.1. The Labute approximate surface area is 172 Å². The standard InChI is InChI=1S/C23H19NO6/c1-27-18-12-16-15-6-4-5-7-17(15)24-19(16)21(20(18)28-2)30-23(26)14-10-8-13(9-11-14)22(25)29-3/h4-12,24H,1-3H3. The van der Waals surface area contributed by atoms with E-state index in [4.69, 9.17) is 14.2 Å². The molecule has 0 radical (unpaired) electrons. The first-order chi connectivity index (χ1) is 14.6. The van der Waals surface area contributed by atoms with Gasteiger partial charge in [0, 0.05) is 16.3 Å². The number of benzene rings is 3. The lowest BCUT2D eigenvalue weighted by Gasteiger charge is -2.14. The Kier molecular flexibility index (Phi) is 5.02. The third kappa shape index (κ3) is 3.20. The van der Waals surface area contributed by atoms with Crippen LogP contribution in [-0.4, -0.2) is 38.3 Å². The molecule has 1 N–H and O–H groups in total. The summed E-state index contributed by atoms with van der Waals surface area (Å²) in [6, 6.07) is 15.6. The molecule has 7 heteroatoms. The number of nitrogens with one attached hydrogen (secondary N) is 1. The van der Waals surface area contributed by atoms with Gasteiger partial charge in [-0.3, -0.25) is 0 Å². The maximum atomic E-state index is 12.8. The minimum absolute atomic E-state index is 0.227. The third-order valence-electron chi connectivity index (χ3n) is 4.84. The Hall–Kier alpha value is -4.00. The summed E-state index contributed by atoms with van der Waals surface area (Å²) in [5.74, 6) is -0.109. The number of ether oxygens (including phenoxy) is 4. The number of H-pyrrole nitrogens is 1. The lowest BCUT2D eigenvalue weighted by molar-refractivity contribution is 0.0599. The highest BCUT2D eigenvalue weighted by Crippen LogP contribution is 2.45. The van der Waals surface area contributed by atoms with E-state index in [1.807, 2.05) is 30.3 Å². The number of esters is 2. The lowest BCUT2D eigenvalue weighted by Crippen LogP contribution is -2.11. The van der Waals surface area contributed by atoms with E-state index in [0.717, 1.165) is 16.3 Å². The van der Waals surface area contributed by atoms with Crippen LogP contribution in [0.15, 0.2) is 54.6 Å². The monoisotopic (exact) mass is 405 g/mol. The second-order valence-corrected chi connectivity index (χ2v) is 6.49. The van der Waals surface area contributed by atoms with Gasteiger partial charge in [-0.1, -0.05) is 18.2 Å². The zero-order chi connectivity index (χ0) is 21.3. The van der Waals surface area contributed by atoms with Crippen LogP contribution >= 0.6 is 0 Å². The Morgan fingerprint density at radius 2 is 1.43 bits per heavy atom. The molecular weight excluding hydrogens is 386 g/mol. The van der Waals surface area contributed by atoms with Gasteiger partial charge in [-0.15, -0.1) is 0 Å². The van der Waals surface area contributed by atoms with E-state index in [2.05, 4.69) is 9.72 Å². The maximum Gasteiger partial charge on any atom is 0.343 e. The van der Waals surface area contributed by atoms with Gasteiger partial charge in [0.25, 0.3) is 0 Å². The molecular formula is C23H19NO6. The molecule has 0 saturated heterocycles. The van der Waals surface area contributed by atoms with Gasteiger partial charge in [-0.2, -0.15) is 0 Å². The van der Waals surface area contributed by atoms with Crippen molar-refractivity contribution in [3.05, 3.63) is 65.7 Å². The van der Waals surface area contributed by atoms with Gasteiger partial charge in [0.2, 0.25) is 11.5 Å². The molecule has 4 rings (SSSR count). The minimum atomic E-state index is -0.599. The van der Waals surface area contributed by atoms with Crippen LogP contribution in [0.1, 0.15) is 20.7 Å². The highest BCUT2D eigenvalue weighted by Gasteiger charge is 2.23. The van der Waals surface area contributed by atoms with Crippen molar-refractivity contribution in [1.82, 2.24) is 4.98 Å². The summed E-state index contributed by atoms with van der Waals surface area (Å²) in [4.78, 5) is 27.7. The van der Waals surface area contributed by atoms with Crippen LogP contribution < -0.4 is 14.2 Å². The molecule has 4 aromatic rings. The van der Waals surface area contributed by atoms with E-state index in [1.165, 1.54) is 45.6 Å². The van der Waals surface area contributed by atoms with Gasteiger partial charge in [-0.05, 0) is 36.4 Å². The van der Waals surface area contributed by atoms with Crippen molar-refractivity contribution >= 4 is 33.7 Å². The Morgan fingerprint density at radius 3 is 2.07 bits per heavy atom. The van der Waals surface area contributed by atoms with E-state index in [1.54, 1.807) is 0 Å². The molecule has 0 fully saturated rings. The second-order valence-electron chi connectivity index (χ2n) is 6.49. The Morgan fingerprint density at radius 1 is 0.767 bits per heavy atom. The number of methoxy groups -OCH3 is 3. The van der Waals surface area contributed by atoms with Crippen molar-refractivity contribution in [3.63, 3.8) is 0 Å². The van der Waals surface area contributed by atoms with Gasteiger partial charge < -0.3 is 23.9 Å². The van der Waals surface area contributed by atoms with Crippen LogP contribution in [0.2, 0.25) is 0 Å². The van der Waals surface area contributed by atoms with E-state index in [9.17, 15) is 9.59 Å². The molecule has 0 atom stereocenters. The maximum absolute atomic E-state index is 12.8. The van der Waals surface area contributed by atoms with Crippen molar-refractivity contribution in [2.45, 2.75) is 0 Å². The number of carbonyl (C=O) groups excluding carboxylic acids is 2. The number of fused-ring (bicyclic) bond motifs is 3. The van der Waals surface area contributed by atoms with Crippen molar-refractivity contribution < 1.29 is 28.5 Å². The highest BCUT2D eigenvalue weighted by molar-refractivity contribution is 6.11. The van der Waals surface area contributed by atoms with E-state index < -0.39 is 11.9 Å². The quantitative estimate of drug-likeness (QED) is 0.393. The molecule has 3 aromatic carbocycles. The molecule has 0 unspecified atom stereocenters. The van der Waals surface area contributed by atoms with Crippen molar-refractivity contribution in [2.75, 3.05) is 21.3 Å². The van der Waals surface area contributed by atoms with Crippen LogP contribution in [0.3, 0.4) is 0 Å². The van der Waals surface area contributed by atoms with Crippen LogP contribution in [0.25, 0.3) is 21.8 Å². The Balaban J connectivity index is 1.81. The molecule has 1 aromatic heterocycles. The number of rotatable bonds is 5. The summed E-state index contributed by atoms with van der Waals surface area (Å²) in [5, 5.41) is 1.81. The molecule has 7 nitrogen and oxygen atoms in total. The second kappa shape index (κ2) is 7.79. The minimum Gasteiger partial charge on any atom is -0.493 e. The van der Waals surface area contributed by atoms with Crippen LogP contribution in [0, 0.1) is 0 Å². The molecule has 152 valence electrons. The summed E-state index contributed by atoms with van der Waals surface area (Å²) >= 11 is 0. The van der Waals surface area contributed by atoms with E-state index in [-0.39, 0.29) is 11.3 Å². The smallest absolute Gasteiger partial charge is 0.343 e. The van der Waals surface area contributed by atoms with Gasteiger partial charge in [0.1, 0.15) is 0 Å². The Bertz CT molecular complexity index is 1260. The largest absolute Gasteiger partial charge is 0.493 e. The summed E-state index contributed by atoms with van der Waals surface area (Å²) in [6.45, 7) is 0. The third-order valence-corrected chi connectivity index (χ3v) is 4.84. The van der Waals surface area contributed by atoms with Crippen LogP contribution in [0.5, 0.6) is 17.2 Å². The zero-order valence-corrected chi connectivity index (χ0v) is 16.6. The van der Waals surface area contributed by atoms with Gasteiger partial charge >= 0.3 is 11.9 Å². The predicted octanol–water partition coefficient (Wildman–Crippen LogP) is 4.34. The van der Waals surface area contributed by atoms with E-state index >= 15 is 0 Å². The first kappa shape index (κ1) is 19.3. The highest BCUT2D eigenvalue weighted by atomic mass is 16.6. The summed E-state index contributed by atoms with van der Waals surface area (Å²) in [7, 11) is 4.30. The molecule has 0 saturated carbocycles. The first-order valence-electron chi connectivity index (χ1n) is 9.13. The molecule has 30 heavy (non-hydrogen) atoms. The fourth-order valence-electron chi connectivity index (χ4n) is 3.37. The summed E-state index contributed by atoms with van der Waals surface area (Å²) < 4.78 is 21.4. The number of carbonyl (C=O) groups is 2. The number of hydrogen-bond donors (Lipinski definition) is 1. The average molecular weight is 405 g/mol. The number of aromatic nitrogens is 1. The van der Waals surface area contributed by atoms with Gasteiger partial charge in [0.15, 0.2) is 5.75 Å². The van der Waals surface area contributed by atoms with Crippen molar-refractivity contribution in [3.8, 4) is 17.2 Å². The SMILES string of the molecule is COC(=O)c1ccc(C(=O)Oc2c(OC)c(OC)cc3c2[nH]c2ccccc23)cc1. The fraction of sp³-hybridized carbons (Fsp3) is 0.130. The number of aromatic amines is 1. The summed E-state index contributed by atoms with van der Waals surface area (Å²) in [5.41, 5.74) is 2.12. The zero-order valence-electron chi connectivity index (χ0n) is 16.6. The fourth-order valence-corrected chi connectivity index (χ4v) is 3.37. The van der Waals surface area contributed by atoms with Crippen molar-refractivity contribution in [2.24, 2.45) is 0 Å². The van der Waals surface area contributed by atoms with Crippen LogP contribution in [-0.2, 0) is 4.74 Å². The number of para-hydroxylation sites is 1. The molecule has 0 spiro atoms. The van der Waals surface area contributed by atoms with Gasteiger partial charge in [-0.25, -0.2) is 9.59 Å². The van der Waals surface area contributed by atoms with Crippen molar-refractivity contribution in [1.29, 1.82) is 0 Å². The molecule has 0 aliphatic rings. The predicted molar refractivity (Wildman–Crippen MR) is 112 cm³/mol. The molecule has 0 amide bonds. The molecule has 1 heterocycles. The topological polar surface area (TPSA) is 86.9 Å². The molecule has 0 bridgehead atoms. The van der Waals surface area contributed by atoms with E-state index in [0.29, 0.717) is 22.6 Å². The van der Waals surface area contributed by atoms with Gasteiger partial charge in [0.05, 0.1) is 38.0 Å². The molecule has 0 aliphatic carbocycles. The average Bonchev–Trinajstić information content (AvgIpc) is 3.16. The summed E-state index contributed by atoms with van der Waals surface area (Å²) in [6.07, 6.45) is 0. The number of hydrogen-bond acceptors (Lipinski definition) is 6. The first-order valence-corrected chi connectivity index (χ1v) is 9.13.